The van der Waals surface area contributed by atoms with Gasteiger partial charge in [0.25, 0.3) is 0 Å². The average molecular weight is 282 g/mol. The van der Waals surface area contributed by atoms with Crippen LogP contribution in [0.25, 0.3) is 0 Å². The van der Waals surface area contributed by atoms with Crippen LogP contribution in [-0.2, 0) is 5.54 Å². The Bertz CT molecular complexity index is 524. The first-order valence-corrected chi connectivity index (χ1v) is 6.90. The zero-order valence-electron chi connectivity index (χ0n) is 10.6. The van der Waals surface area contributed by atoms with Crippen LogP contribution >= 0.6 is 11.6 Å². The second-order valence-electron chi connectivity index (χ2n) is 5.22. The minimum atomic E-state index is -0.478. The number of rotatable bonds is 2. The van der Waals surface area contributed by atoms with Crippen LogP contribution in [-0.4, -0.2) is 13.1 Å². The molecule has 1 saturated carbocycles. The Morgan fingerprint density at radius 2 is 1.89 bits per heavy atom. The van der Waals surface area contributed by atoms with E-state index in [-0.39, 0.29) is 6.79 Å². The quantitative estimate of drug-likeness (QED) is 0.847. The highest BCUT2D eigenvalue weighted by molar-refractivity contribution is 6.32. The van der Waals surface area contributed by atoms with Crippen LogP contribution < -0.4 is 15.2 Å². The Morgan fingerprint density at radius 1 is 1.21 bits per heavy atom. The Balaban J connectivity index is 2.16. The molecule has 102 valence electrons. The topological polar surface area (TPSA) is 61.6 Å². The van der Waals surface area contributed by atoms with Crippen LogP contribution in [0.4, 0.5) is 0 Å². The molecule has 0 amide bonds. The minimum absolute atomic E-state index is 0.111. The Hall–Kier alpha value is -1.26. The van der Waals surface area contributed by atoms with Crippen molar-refractivity contribution in [1.82, 2.24) is 0 Å². The fraction of sp³-hybridized carbons (Fsp3) is 0.500. The molecule has 0 spiro atoms. The van der Waals surface area contributed by atoms with Crippen LogP contribution in [0.2, 0.25) is 5.02 Å². The van der Waals surface area contributed by atoms with E-state index in [1.807, 2.05) is 0 Å². The summed E-state index contributed by atoms with van der Waals surface area (Å²) in [4.78, 5) is 11.1. The Kier molecular flexibility index (Phi) is 3.15. The number of aldehydes is 1. The highest BCUT2D eigenvalue weighted by atomic mass is 35.5. The molecule has 1 aromatic rings. The maximum atomic E-state index is 11.1. The molecule has 1 aromatic carbocycles. The second-order valence-corrected chi connectivity index (χ2v) is 5.63. The minimum Gasteiger partial charge on any atom is -0.453 e. The molecule has 2 aliphatic rings. The highest BCUT2D eigenvalue weighted by Crippen LogP contribution is 2.49. The molecule has 19 heavy (non-hydrogen) atoms. The van der Waals surface area contributed by atoms with Gasteiger partial charge in [-0.2, -0.15) is 0 Å². The third-order valence-corrected chi connectivity index (χ3v) is 4.29. The molecule has 4 nitrogen and oxygen atoms in total. The van der Waals surface area contributed by atoms with Crippen molar-refractivity contribution in [3.63, 3.8) is 0 Å². The van der Waals surface area contributed by atoms with Crippen molar-refractivity contribution in [2.24, 2.45) is 5.73 Å². The highest BCUT2D eigenvalue weighted by Gasteiger charge is 2.38. The van der Waals surface area contributed by atoms with Gasteiger partial charge in [-0.25, -0.2) is 0 Å². The standard InChI is InChI=1S/C14H16ClNO3/c15-10-6-9(7-17)12-13(19-8-18-12)11(10)14(16)4-2-1-3-5-14/h6-7H,1-5,8,16H2. The van der Waals surface area contributed by atoms with Crippen LogP contribution in [0, 0.1) is 0 Å². The molecule has 1 heterocycles. The molecule has 0 radical (unpaired) electrons. The first-order chi connectivity index (χ1) is 9.15. The van der Waals surface area contributed by atoms with Gasteiger partial charge in [0.1, 0.15) is 0 Å². The zero-order chi connectivity index (χ0) is 13.5. The molecule has 5 heteroatoms. The monoisotopic (exact) mass is 281 g/mol. The smallest absolute Gasteiger partial charge is 0.231 e. The number of ether oxygens (including phenoxy) is 2. The molecule has 2 N–H and O–H groups in total. The lowest BCUT2D eigenvalue weighted by Gasteiger charge is -2.35. The fourth-order valence-electron chi connectivity index (χ4n) is 3.05. The summed E-state index contributed by atoms with van der Waals surface area (Å²) in [5.41, 5.74) is 7.28. The number of hydrogen-bond donors (Lipinski definition) is 1. The summed E-state index contributed by atoms with van der Waals surface area (Å²) in [5, 5.41) is 0.496. The SMILES string of the molecule is NC1(c2c(Cl)cc(C=O)c3c2OCO3)CCCCC1. The molecule has 0 bridgehead atoms. The number of carbonyl (C=O) groups is 1. The van der Waals surface area contributed by atoms with Crippen molar-refractivity contribution < 1.29 is 14.3 Å². The third-order valence-electron chi connectivity index (χ3n) is 3.99. The summed E-state index contributed by atoms with van der Waals surface area (Å²) in [7, 11) is 0. The number of fused-ring (bicyclic) bond motifs is 1. The Morgan fingerprint density at radius 3 is 2.58 bits per heavy atom. The number of hydrogen-bond acceptors (Lipinski definition) is 4. The summed E-state index contributed by atoms with van der Waals surface area (Å²) in [6.45, 7) is 0.111. The maximum Gasteiger partial charge on any atom is 0.231 e. The van der Waals surface area contributed by atoms with E-state index in [1.165, 1.54) is 6.42 Å². The molecule has 3 rings (SSSR count). The van der Waals surface area contributed by atoms with Crippen molar-refractivity contribution in [2.45, 2.75) is 37.6 Å². The predicted octanol–water partition coefficient (Wildman–Crippen LogP) is 3.00. The zero-order valence-corrected chi connectivity index (χ0v) is 11.3. The molecule has 0 aromatic heterocycles. The number of nitrogens with two attached hydrogens (primary N) is 1. The molecule has 1 aliphatic carbocycles. The van der Waals surface area contributed by atoms with Crippen molar-refractivity contribution in [3.05, 3.63) is 22.2 Å². The summed E-state index contributed by atoms with van der Waals surface area (Å²) < 4.78 is 10.9. The predicted molar refractivity (Wildman–Crippen MR) is 71.9 cm³/mol. The molecule has 0 unspecified atom stereocenters. The molecule has 0 saturated heterocycles. The lowest BCUT2D eigenvalue weighted by atomic mass is 9.76. The van der Waals surface area contributed by atoms with Crippen molar-refractivity contribution in [3.8, 4) is 11.5 Å². The lowest BCUT2D eigenvalue weighted by Crippen LogP contribution is -2.39. The van der Waals surface area contributed by atoms with Gasteiger partial charge in [-0.05, 0) is 18.9 Å². The van der Waals surface area contributed by atoms with Crippen LogP contribution in [0.5, 0.6) is 11.5 Å². The van der Waals surface area contributed by atoms with Gasteiger partial charge in [-0.3, -0.25) is 4.79 Å². The number of halogens is 1. The van der Waals surface area contributed by atoms with Gasteiger partial charge in [0.2, 0.25) is 6.79 Å². The molecular formula is C14H16ClNO3. The van der Waals surface area contributed by atoms with Gasteiger partial charge in [0.15, 0.2) is 17.8 Å². The van der Waals surface area contributed by atoms with Gasteiger partial charge in [0.05, 0.1) is 10.6 Å². The van der Waals surface area contributed by atoms with Crippen molar-refractivity contribution in [2.75, 3.05) is 6.79 Å². The molecular weight excluding hydrogens is 266 g/mol. The summed E-state index contributed by atoms with van der Waals surface area (Å²) in [5.74, 6) is 1.03. The summed E-state index contributed by atoms with van der Waals surface area (Å²) >= 11 is 6.34. The first kappa shape index (κ1) is 12.8. The third kappa shape index (κ3) is 1.99. The van der Waals surface area contributed by atoms with E-state index in [4.69, 9.17) is 26.8 Å². The van der Waals surface area contributed by atoms with E-state index in [1.54, 1.807) is 6.07 Å². The maximum absolute atomic E-state index is 11.1. The molecule has 1 fully saturated rings. The van der Waals surface area contributed by atoms with Gasteiger partial charge in [0, 0.05) is 11.1 Å². The van der Waals surface area contributed by atoms with E-state index in [2.05, 4.69) is 0 Å². The number of benzene rings is 1. The average Bonchev–Trinajstić information content (AvgIpc) is 2.86. The van der Waals surface area contributed by atoms with E-state index in [0.29, 0.717) is 22.1 Å². The van der Waals surface area contributed by atoms with Crippen molar-refractivity contribution in [1.29, 1.82) is 0 Å². The van der Waals surface area contributed by atoms with E-state index >= 15 is 0 Å². The summed E-state index contributed by atoms with van der Waals surface area (Å²) in [6.07, 6.45) is 5.84. The van der Waals surface area contributed by atoms with E-state index in [9.17, 15) is 4.79 Å². The first-order valence-electron chi connectivity index (χ1n) is 6.52. The molecule has 1 aliphatic heterocycles. The van der Waals surface area contributed by atoms with Gasteiger partial charge in [-0.15, -0.1) is 0 Å². The second kappa shape index (κ2) is 4.69. The van der Waals surface area contributed by atoms with E-state index in [0.717, 1.165) is 37.5 Å². The van der Waals surface area contributed by atoms with Gasteiger partial charge in [-0.1, -0.05) is 30.9 Å². The van der Waals surface area contributed by atoms with E-state index < -0.39 is 5.54 Å². The summed E-state index contributed by atoms with van der Waals surface area (Å²) in [6, 6.07) is 1.63. The largest absolute Gasteiger partial charge is 0.453 e. The van der Waals surface area contributed by atoms with Crippen LogP contribution in [0.15, 0.2) is 6.07 Å². The van der Waals surface area contributed by atoms with Crippen LogP contribution in [0.3, 0.4) is 0 Å². The Labute approximate surface area is 116 Å². The fourth-order valence-corrected chi connectivity index (χ4v) is 3.44. The van der Waals surface area contributed by atoms with Crippen LogP contribution in [0.1, 0.15) is 48.0 Å². The van der Waals surface area contributed by atoms with Gasteiger partial charge >= 0.3 is 0 Å². The molecule has 0 atom stereocenters. The van der Waals surface area contributed by atoms with Gasteiger partial charge < -0.3 is 15.2 Å². The van der Waals surface area contributed by atoms with Crippen molar-refractivity contribution >= 4 is 17.9 Å². The normalized spacial score (nSPS) is 20.3. The lowest BCUT2D eigenvalue weighted by molar-refractivity contribution is 0.111. The number of carbonyl (C=O) groups excluding carboxylic acids is 1.